The summed E-state index contributed by atoms with van der Waals surface area (Å²) in [5.41, 5.74) is 6.26. The lowest BCUT2D eigenvalue weighted by Crippen LogP contribution is -2.11. The van der Waals surface area contributed by atoms with Crippen LogP contribution in [0, 0.1) is 27.7 Å². The molecule has 1 aromatic carbocycles. The number of rotatable bonds is 4. The first kappa shape index (κ1) is 18.0. The van der Waals surface area contributed by atoms with E-state index in [0.29, 0.717) is 11.7 Å². The molecule has 0 saturated carbocycles. The highest BCUT2D eigenvalue weighted by Crippen LogP contribution is 2.27. The molecule has 0 aliphatic rings. The minimum atomic E-state index is 0. The molecule has 0 saturated heterocycles. The summed E-state index contributed by atoms with van der Waals surface area (Å²) in [6, 6.07) is 8.23. The van der Waals surface area contributed by atoms with Crippen LogP contribution in [0.5, 0.6) is 5.75 Å². The van der Waals surface area contributed by atoms with Crippen molar-refractivity contribution in [3.05, 3.63) is 52.3 Å². The van der Waals surface area contributed by atoms with Crippen molar-refractivity contribution in [3.8, 4) is 5.75 Å². The van der Waals surface area contributed by atoms with Gasteiger partial charge in [-0.25, -0.2) is 0 Å². The molecule has 1 unspecified atom stereocenters. The van der Waals surface area contributed by atoms with Gasteiger partial charge in [0.25, 0.3) is 0 Å². The monoisotopic (exact) mass is 300 g/mol. The van der Waals surface area contributed by atoms with Crippen molar-refractivity contribution >= 4 is 5.69 Å². The molecular formula is C19H28N2O. The minimum absolute atomic E-state index is 0. The molecule has 0 amide bonds. The lowest BCUT2D eigenvalue weighted by molar-refractivity contribution is 0.466. The summed E-state index contributed by atoms with van der Waals surface area (Å²) in [7, 11) is 0. The zero-order valence-electron chi connectivity index (χ0n) is 13.5. The standard InChI is InChI=1S/C18H24N2O.CH4/c1-11-8-16(9-12(2)18(11)21)13(3)10-19-17-7-6-14(4)20-15(17)5;/h6-9,13,19,21H,10H2,1-5H3;1H4. The number of nitrogens with one attached hydrogen (secondary N) is 1. The maximum Gasteiger partial charge on any atom is 0.121 e. The minimum Gasteiger partial charge on any atom is -0.507 e. The molecule has 0 aliphatic carbocycles. The van der Waals surface area contributed by atoms with Crippen molar-refractivity contribution in [2.45, 2.75) is 48.0 Å². The Kier molecular flexibility index (Phi) is 5.98. The van der Waals surface area contributed by atoms with E-state index in [9.17, 15) is 5.11 Å². The molecule has 0 bridgehead atoms. The maximum absolute atomic E-state index is 9.86. The van der Waals surface area contributed by atoms with Crippen molar-refractivity contribution in [1.82, 2.24) is 4.98 Å². The molecule has 0 aliphatic heterocycles. The third-order valence-electron chi connectivity index (χ3n) is 3.91. The third kappa shape index (κ3) is 4.00. The van der Waals surface area contributed by atoms with Crippen LogP contribution in [-0.2, 0) is 0 Å². The largest absolute Gasteiger partial charge is 0.507 e. The normalized spacial score (nSPS) is 11.7. The smallest absolute Gasteiger partial charge is 0.121 e. The molecule has 1 heterocycles. The molecule has 0 fully saturated rings. The zero-order chi connectivity index (χ0) is 15.6. The molecule has 0 radical (unpaired) electrons. The Balaban J connectivity index is 0.00000242. The predicted octanol–water partition coefficient (Wildman–Crippen LogP) is 4.87. The molecule has 120 valence electrons. The van der Waals surface area contributed by atoms with Crippen LogP contribution >= 0.6 is 0 Å². The van der Waals surface area contributed by atoms with E-state index in [1.165, 1.54) is 5.56 Å². The second kappa shape index (κ2) is 7.30. The fourth-order valence-corrected chi connectivity index (χ4v) is 2.53. The summed E-state index contributed by atoms with van der Waals surface area (Å²) in [6.45, 7) is 10.9. The van der Waals surface area contributed by atoms with Crippen LogP contribution < -0.4 is 5.32 Å². The van der Waals surface area contributed by atoms with E-state index in [2.05, 4.69) is 35.4 Å². The summed E-state index contributed by atoms with van der Waals surface area (Å²) in [5, 5.41) is 13.3. The summed E-state index contributed by atoms with van der Waals surface area (Å²) >= 11 is 0. The Labute approximate surface area is 134 Å². The van der Waals surface area contributed by atoms with E-state index in [0.717, 1.165) is 34.7 Å². The number of phenols is 1. The van der Waals surface area contributed by atoms with Crippen LogP contribution in [0.15, 0.2) is 24.3 Å². The first-order chi connectivity index (χ1) is 9.88. The Morgan fingerprint density at radius 3 is 2.23 bits per heavy atom. The average Bonchev–Trinajstić information content (AvgIpc) is 2.43. The number of pyridine rings is 1. The number of hydrogen-bond donors (Lipinski definition) is 2. The van der Waals surface area contributed by atoms with E-state index in [4.69, 9.17) is 0 Å². The van der Waals surface area contributed by atoms with Gasteiger partial charge in [-0.3, -0.25) is 4.98 Å². The van der Waals surface area contributed by atoms with Gasteiger partial charge in [0, 0.05) is 12.2 Å². The molecule has 1 atom stereocenters. The van der Waals surface area contributed by atoms with Gasteiger partial charge in [-0.1, -0.05) is 26.5 Å². The van der Waals surface area contributed by atoms with E-state index in [-0.39, 0.29) is 7.43 Å². The quantitative estimate of drug-likeness (QED) is 0.846. The maximum atomic E-state index is 9.86. The lowest BCUT2D eigenvalue weighted by Gasteiger charge is -2.17. The van der Waals surface area contributed by atoms with E-state index in [1.807, 2.05) is 33.8 Å². The average molecular weight is 300 g/mol. The number of phenolic OH excluding ortho intramolecular Hbond substituents is 1. The van der Waals surface area contributed by atoms with Crippen molar-refractivity contribution in [2.24, 2.45) is 0 Å². The number of anilines is 1. The van der Waals surface area contributed by atoms with Crippen molar-refractivity contribution < 1.29 is 5.11 Å². The number of aromatic hydroxyl groups is 1. The molecular weight excluding hydrogens is 272 g/mol. The van der Waals surface area contributed by atoms with Crippen LogP contribution in [0.4, 0.5) is 5.69 Å². The van der Waals surface area contributed by atoms with E-state index >= 15 is 0 Å². The molecule has 3 nitrogen and oxygen atoms in total. The Morgan fingerprint density at radius 2 is 1.68 bits per heavy atom. The van der Waals surface area contributed by atoms with Crippen LogP contribution in [0.25, 0.3) is 0 Å². The van der Waals surface area contributed by atoms with Crippen molar-refractivity contribution in [2.75, 3.05) is 11.9 Å². The molecule has 3 heteroatoms. The third-order valence-corrected chi connectivity index (χ3v) is 3.91. The Hall–Kier alpha value is -2.03. The van der Waals surface area contributed by atoms with Crippen LogP contribution in [0.2, 0.25) is 0 Å². The van der Waals surface area contributed by atoms with Gasteiger partial charge in [0.15, 0.2) is 0 Å². The second-order valence-corrected chi connectivity index (χ2v) is 5.87. The molecule has 1 aromatic heterocycles. The lowest BCUT2D eigenvalue weighted by atomic mass is 9.96. The SMILES string of the molecule is C.Cc1ccc(NCC(C)c2cc(C)c(O)c(C)c2)c(C)n1. The summed E-state index contributed by atoms with van der Waals surface area (Å²) in [4.78, 5) is 4.47. The van der Waals surface area contributed by atoms with Gasteiger partial charge < -0.3 is 10.4 Å². The fourth-order valence-electron chi connectivity index (χ4n) is 2.53. The molecule has 2 rings (SSSR count). The van der Waals surface area contributed by atoms with Gasteiger partial charge in [0.2, 0.25) is 0 Å². The molecule has 2 N–H and O–H groups in total. The first-order valence-electron chi connectivity index (χ1n) is 7.36. The van der Waals surface area contributed by atoms with Crippen LogP contribution in [-0.4, -0.2) is 16.6 Å². The zero-order valence-corrected chi connectivity index (χ0v) is 13.5. The van der Waals surface area contributed by atoms with Gasteiger partial charge >= 0.3 is 0 Å². The first-order valence-corrected chi connectivity index (χ1v) is 7.36. The second-order valence-electron chi connectivity index (χ2n) is 5.87. The molecule has 2 aromatic rings. The predicted molar refractivity (Wildman–Crippen MR) is 94.9 cm³/mol. The van der Waals surface area contributed by atoms with Gasteiger partial charge in [-0.15, -0.1) is 0 Å². The number of benzene rings is 1. The van der Waals surface area contributed by atoms with Crippen molar-refractivity contribution in [1.29, 1.82) is 0 Å². The number of aromatic nitrogens is 1. The highest BCUT2D eigenvalue weighted by Gasteiger charge is 2.10. The number of hydrogen-bond acceptors (Lipinski definition) is 3. The van der Waals surface area contributed by atoms with E-state index < -0.39 is 0 Å². The Morgan fingerprint density at radius 1 is 1.09 bits per heavy atom. The van der Waals surface area contributed by atoms with Gasteiger partial charge in [-0.2, -0.15) is 0 Å². The highest BCUT2D eigenvalue weighted by molar-refractivity contribution is 5.48. The van der Waals surface area contributed by atoms with E-state index in [1.54, 1.807) is 0 Å². The topological polar surface area (TPSA) is 45.1 Å². The summed E-state index contributed by atoms with van der Waals surface area (Å²) in [6.07, 6.45) is 0. The van der Waals surface area contributed by atoms with Crippen molar-refractivity contribution in [3.63, 3.8) is 0 Å². The summed E-state index contributed by atoms with van der Waals surface area (Å²) < 4.78 is 0. The molecule has 0 spiro atoms. The fraction of sp³-hybridized carbons (Fsp3) is 0.421. The highest BCUT2D eigenvalue weighted by atomic mass is 16.3. The van der Waals surface area contributed by atoms with Gasteiger partial charge in [0.05, 0.1) is 11.4 Å². The Bertz CT molecular complexity index is 627. The van der Waals surface area contributed by atoms with Crippen LogP contribution in [0.1, 0.15) is 48.3 Å². The van der Waals surface area contributed by atoms with Gasteiger partial charge in [0.1, 0.15) is 5.75 Å². The van der Waals surface area contributed by atoms with Gasteiger partial charge in [-0.05, 0) is 62.4 Å². The van der Waals surface area contributed by atoms with Crippen LogP contribution in [0.3, 0.4) is 0 Å². The number of nitrogens with zero attached hydrogens (tertiary/aromatic N) is 1. The summed E-state index contributed by atoms with van der Waals surface area (Å²) in [5.74, 6) is 0.765. The number of aryl methyl sites for hydroxylation is 4. The molecule has 22 heavy (non-hydrogen) atoms.